The van der Waals surface area contributed by atoms with Crippen LogP contribution >= 0.6 is 45.2 Å². The van der Waals surface area contributed by atoms with Crippen LogP contribution < -0.4 is 0 Å². The Labute approximate surface area is 226 Å². The molecule has 0 fully saturated rings. The molecule has 0 unspecified atom stereocenters. The minimum atomic E-state index is -3.89. The number of halogens is 2. The second-order valence-electron chi connectivity index (χ2n) is 8.50. The quantitative estimate of drug-likeness (QED) is 0.147. The predicted octanol–water partition coefficient (Wildman–Crippen LogP) is 4.09. The maximum Gasteiger partial charge on any atom is 0.432 e. The van der Waals surface area contributed by atoms with Crippen molar-refractivity contribution in [1.29, 1.82) is 0 Å². The molecule has 2 aliphatic rings. The summed E-state index contributed by atoms with van der Waals surface area (Å²) in [6, 6.07) is 0. The van der Waals surface area contributed by atoms with Gasteiger partial charge in [-0.3, -0.25) is 0 Å². The van der Waals surface area contributed by atoms with Crippen LogP contribution in [0.25, 0.3) is 0 Å². The van der Waals surface area contributed by atoms with E-state index in [1.165, 1.54) is 12.4 Å². The van der Waals surface area contributed by atoms with Crippen molar-refractivity contribution in [3.05, 3.63) is 92.6 Å². The van der Waals surface area contributed by atoms with Gasteiger partial charge >= 0.3 is 11.9 Å². The lowest BCUT2D eigenvalue weighted by Gasteiger charge is -2.38. The molecule has 2 N–H and O–H groups in total. The summed E-state index contributed by atoms with van der Waals surface area (Å²) in [6.45, 7) is 3.16. The van der Waals surface area contributed by atoms with Gasteiger partial charge in [0.15, 0.2) is 9.84 Å². The first-order chi connectivity index (χ1) is 16.1. The van der Waals surface area contributed by atoms with Crippen LogP contribution in [0.5, 0.6) is 0 Å². The van der Waals surface area contributed by atoms with Gasteiger partial charge in [-0.05, 0) is 23.7 Å². The molecule has 0 atom stereocenters. The number of hydrogen-bond donors (Lipinski definition) is 2. The minimum absolute atomic E-state index is 0.395. The molecule has 2 aromatic rings. The average Bonchev–Trinajstić information content (AvgIpc) is 3.49. The van der Waals surface area contributed by atoms with Gasteiger partial charge in [-0.15, -0.1) is 0 Å². The van der Waals surface area contributed by atoms with Gasteiger partial charge in [-0.25, -0.2) is 18.4 Å². The standard InChI is InChI=1S/C20H18I2N6O6S/c1-17(3-7-19(21,8-4-17)13-11-23-15(25-13)27(29)30)35(33,34)18(2)5-9-20(22,10-6-18)14-12-24-16(26-14)28(31)32/h3-12H,1-2H3,(H,23,25)(H,24,26). The molecule has 0 saturated heterocycles. The second-order valence-corrected chi connectivity index (χ2v) is 14.8. The molecule has 0 aliphatic heterocycles. The molecule has 0 radical (unpaired) electrons. The monoisotopic (exact) mass is 724 g/mol. The van der Waals surface area contributed by atoms with E-state index in [1.807, 2.05) is 0 Å². The summed E-state index contributed by atoms with van der Waals surface area (Å²) in [6.07, 6.45) is 15.7. The Morgan fingerprint density at radius 3 is 1.31 bits per heavy atom. The van der Waals surface area contributed by atoms with Crippen LogP contribution in [0.3, 0.4) is 0 Å². The molecule has 184 valence electrons. The molecule has 4 rings (SSSR count). The van der Waals surface area contributed by atoms with Crippen molar-refractivity contribution in [2.24, 2.45) is 0 Å². The van der Waals surface area contributed by atoms with Gasteiger partial charge < -0.3 is 20.2 Å². The first-order valence-corrected chi connectivity index (χ1v) is 13.6. The number of hydrogen-bond acceptors (Lipinski definition) is 8. The van der Waals surface area contributed by atoms with Crippen LogP contribution in [0.15, 0.2) is 61.0 Å². The van der Waals surface area contributed by atoms with Crippen molar-refractivity contribution >= 4 is 66.9 Å². The van der Waals surface area contributed by atoms with Crippen LogP contribution in [0.1, 0.15) is 25.2 Å². The van der Waals surface area contributed by atoms with Crippen molar-refractivity contribution < 1.29 is 18.3 Å². The van der Waals surface area contributed by atoms with Gasteiger partial charge in [-0.2, -0.15) is 0 Å². The molecular formula is C20H18I2N6O6S. The normalized spacial score (nSPS) is 32.1. The molecule has 35 heavy (non-hydrogen) atoms. The lowest BCUT2D eigenvalue weighted by molar-refractivity contribution is -0.394. The van der Waals surface area contributed by atoms with Gasteiger partial charge in [-0.1, -0.05) is 104 Å². The van der Waals surface area contributed by atoms with E-state index < -0.39 is 47.9 Å². The highest BCUT2D eigenvalue weighted by Crippen LogP contribution is 2.46. The van der Waals surface area contributed by atoms with E-state index >= 15 is 0 Å². The Hall–Kier alpha value is -2.41. The number of allylic oxidation sites excluding steroid dienone is 4. The van der Waals surface area contributed by atoms with E-state index in [9.17, 15) is 28.6 Å². The smallest absolute Gasteiger partial charge is 0.390 e. The largest absolute Gasteiger partial charge is 0.432 e. The van der Waals surface area contributed by atoms with Crippen LogP contribution in [-0.4, -0.2) is 47.7 Å². The van der Waals surface area contributed by atoms with Crippen LogP contribution in [0.4, 0.5) is 11.9 Å². The molecule has 0 amide bonds. The minimum Gasteiger partial charge on any atom is -0.390 e. The fourth-order valence-corrected chi connectivity index (χ4v) is 6.96. The van der Waals surface area contributed by atoms with Gasteiger partial charge in [0, 0.05) is 0 Å². The Morgan fingerprint density at radius 1 is 0.743 bits per heavy atom. The van der Waals surface area contributed by atoms with E-state index in [-0.39, 0.29) is 0 Å². The van der Waals surface area contributed by atoms with Crippen molar-refractivity contribution in [3.8, 4) is 0 Å². The number of alkyl halides is 2. The van der Waals surface area contributed by atoms with Crippen LogP contribution in [0.2, 0.25) is 0 Å². The molecule has 2 heterocycles. The average molecular weight is 724 g/mol. The number of sulfone groups is 1. The molecule has 12 nitrogen and oxygen atoms in total. The third kappa shape index (κ3) is 4.15. The summed E-state index contributed by atoms with van der Waals surface area (Å²) in [4.78, 5) is 33.4. The third-order valence-corrected chi connectivity index (χ3v) is 11.5. The zero-order valence-electron chi connectivity index (χ0n) is 18.2. The Kier molecular flexibility index (Phi) is 6.11. The van der Waals surface area contributed by atoms with Crippen molar-refractivity contribution in [3.63, 3.8) is 0 Å². The molecule has 0 aromatic carbocycles. The lowest BCUT2D eigenvalue weighted by Crippen LogP contribution is -2.47. The predicted molar refractivity (Wildman–Crippen MR) is 144 cm³/mol. The second kappa shape index (κ2) is 8.32. The van der Waals surface area contributed by atoms with Gasteiger partial charge in [0.25, 0.3) is 0 Å². The van der Waals surface area contributed by atoms with Crippen molar-refractivity contribution in [2.75, 3.05) is 0 Å². The number of imidazole rings is 2. The molecule has 0 saturated carbocycles. The number of nitrogens with zero attached hydrogens (tertiary/aromatic N) is 4. The summed E-state index contributed by atoms with van der Waals surface area (Å²) < 4.78 is 23.3. The van der Waals surface area contributed by atoms with E-state index in [1.54, 1.807) is 62.5 Å². The number of H-pyrrole nitrogens is 2. The highest BCUT2D eigenvalue weighted by atomic mass is 127. The summed E-state index contributed by atoms with van der Waals surface area (Å²) >= 11 is 4.13. The van der Waals surface area contributed by atoms with E-state index in [4.69, 9.17) is 0 Å². The summed E-state index contributed by atoms with van der Waals surface area (Å²) in [5, 5.41) is 21.9. The fraction of sp³-hybridized carbons (Fsp3) is 0.300. The molecule has 0 spiro atoms. The zero-order valence-corrected chi connectivity index (χ0v) is 23.3. The van der Waals surface area contributed by atoms with E-state index in [0.29, 0.717) is 11.4 Å². The number of rotatable bonds is 6. The van der Waals surface area contributed by atoms with Gasteiger partial charge in [0.05, 0.1) is 0 Å². The van der Waals surface area contributed by atoms with Crippen molar-refractivity contribution in [2.45, 2.75) is 30.2 Å². The van der Waals surface area contributed by atoms with Crippen LogP contribution in [0, 0.1) is 20.2 Å². The molecular weight excluding hydrogens is 706 g/mol. The topological polar surface area (TPSA) is 178 Å². The first kappa shape index (κ1) is 25.7. The zero-order chi connectivity index (χ0) is 25.9. The SMILES string of the molecule is CC1(S(=O)(=O)C2(C)C=CC(I)(c3cnc([N+](=O)[O-])[nH]3)C=C2)C=CC(I)(c2cnc([N+](=O)[O-])[nH]2)C=C1. The van der Waals surface area contributed by atoms with Crippen LogP contribution in [-0.2, 0) is 16.7 Å². The Morgan fingerprint density at radius 2 is 1.06 bits per heavy atom. The summed E-state index contributed by atoms with van der Waals surface area (Å²) in [5.41, 5.74) is 0.896. The maximum absolute atomic E-state index is 13.8. The van der Waals surface area contributed by atoms with Crippen molar-refractivity contribution in [1.82, 2.24) is 19.9 Å². The maximum atomic E-state index is 13.8. The Balaban J connectivity index is 1.62. The third-order valence-electron chi connectivity index (χ3n) is 6.08. The molecule has 2 aliphatic carbocycles. The number of nitro groups is 2. The first-order valence-electron chi connectivity index (χ1n) is 9.98. The number of aromatic nitrogens is 4. The molecule has 2 aromatic heterocycles. The Bertz CT molecular complexity index is 1320. The lowest BCUT2D eigenvalue weighted by atomic mass is 9.94. The van der Waals surface area contributed by atoms with E-state index in [0.717, 1.165) is 0 Å². The highest BCUT2D eigenvalue weighted by molar-refractivity contribution is 14.1. The number of aromatic amines is 2. The van der Waals surface area contributed by atoms with E-state index in [2.05, 4.69) is 65.1 Å². The molecule has 15 heteroatoms. The van der Waals surface area contributed by atoms with Gasteiger partial charge in [0.2, 0.25) is 0 Å². The highest BCUT2D eigenvalue weighted by Gasteiger charge is 2.50. The van der Waals surface area contributed by atoms with Gasteiger partial charge in [0.1, 0.15) is 40.1 Å². The fourth-order valence-electron chi connectivity index (χ4n) is 3.76. The molecule has 0 bridgehead atoms. The number of nitrogens with one attached hydrogen (secondary N) is 2. The summed E-state index contributed by atoms with van der Waals surface area (Å²) in [7, 11) is -3.89. The summed E-state index contributed by atoms with van der Waals surface area (Å²) in [5.74, 6) is -0.789.